The first-order chi connectivity index (χ1) is 16.7. The SMILES string of the molecule is NC1=CCC2(CCc3ccccc3)C(=C1)C1(c3ccccc3-c3ccccc31)c1ccccc12. The molecule has 0 saturated heterocycles. The molecule has 0 aromatic heterocycles. The molecule has 3 aliphatic rings. The van der Waals surface area contributed by atoms with Gasteiger partial charge in [0.2, 0.25) is 0 Å². The average molecular weight is 438 g/mol. The third-order valence-corrected chi connectivity index (χ3v) is 8.40. The Bertz CT molecular complexity index is 1440. The van der Waals surface area contributed by atoms with Crippen LogP contribution in [-0.4, -0.2) is 0 Å². The normalized spacial score (nSPS) is 20.7. The van der Waals surface area contributed by atoms with Gasteiger partial charge in [0.25, 0.3) is 0 Å². The van der Waals surface area contributed by atoms with Gasteiger partial charge < -0.3 is 5.73 Å². The molecule has 0 saturated carbocycles. The quantitative estimate of drug-likeness (QED) is 0.365. The summed E-state index contributed by atoms with van der Waals surface area (Å²) in [6.07, 6.45) is 7.61. The third kappa shape index (κ3) is 2.39. The van der Waals surface area contributed by atoms with E-state index in [0.717, 1.165) is 25.0 Å². The smallest absolute Gasteiger partial charge is 0.0689 e. The van der Waals surface area contributed by atoms with Crippen LogP contribution < -0.4 is 5.73 Å². The first-order valence-electron chi connectivity index (χ1n) is 12.3. The standard InChI is InChI=1S/C33H27N/c34-24-19-21-32(20-18-23-10-2-1-3-11-23)29-16-8-9-17-30(29)33(31(32)22-24)27-14-6-4-12-25(27)26-13-5-7-15-28(26)33/h1-17,19,22H,18,20-21,34H2. The van der Waals surface area contributed by atoms with E-state index in [1.54, 1.807) is 0 Å². The fraction of sp³-hybridized carbons (Fsp3) is 0.152. The van der Waals surface area contributed by atoms with Gasteiger partial charge in [0, 0.05) is 11.1 Å². The highest BCUT2D eigenvalue weighted by Gasteiger charge is 2.60. The van der Waals surface area contributed by atoms with Gasteiger partial charge in [-0.15, -0.1) is 0 Å². The van der Waals surface area contributed by atoms with E-state index in [0.29, 0.717) is 0 Å². The zero-order valence-corrected chi connectivity index (χ0v) is 19.2. The maximum Gasteiger partial charge on any atom is 0.0689 e. The van der Waals surface area contributed by atoms with Gasteiger partial charge >= 0.3 is 0 Å². The van der Waals surface area contributed by atoms with Crippen LogP contribution >= 0.6 is 0 Å². The van der Waals surface area contributed by atoms with Crippen molar-refractivity contribution in [3.63, 3.8) is 0 Å². The minimum atomic E-state index is -0.292. The Labute approximate surface area is 201 Å². The lowest BCUT2D eigenvalue weighted by molar-refractivity contribution is 0.454. The van der Waals surface area contributed by atoms with Gasteiger partial charge in [0.05, 0.1) is 5.41 Å². The number of benzene rings is 4. The van der Waals surface area contributed by atoms with Gasteiger partial charge in [-0.05, 0) is 69.9 Å². The molecule has 34 heavy (non-hydrogen) atoms. The van der Waals surface area contributed by atoms with E-state index in [2.05, 4.69) is 115 Å². The van der Waals surface area contributed by atoms with Crippen molar-refractivity contribution in [3.05, 3.63) is 154 Å². The van der Waals surface area contributed by atoms with E-state index in [-0.39, 0.29) is 10.8 Å². The van der Waals surface area contributed by atoms with Gasteiger partial charge in [0.1, 0.15) is 0 Å². The molecule has 1 atom stereocenters. The molecule has 1 spiro atoms. The molecule has 4 aromatic carbocycles. The molecule has 1 unspecified atom stereocenters. The Hall–Kier alpha value is -3.84. The minimum Gasteiger partial charge on any atom is -0.399 e. The number of rotatable bonds is 3. The average Bonchev–Trinajstić information content (AvgIpc) is 3.33. The maximum atomic E-state index is 6.57. The molecule has 1 nitrogen and oxygen atoms in total. The van der Waals surface area contributed by atoms with Crippen molar-refractivity contribution in [2.45, 2.75) is 30.1 Å². The van der Waals surface area contributed by atoms with Crippen molar-refractivity contribution in [1.29, 1.82) is 0 Å². The van der Waals surface area contributed by atoms with Gasteiger partial charge in [-0.25, -0.2) is 0 Å². The third-order valence-electron chi connectivity index (χ3n) is 8.40. The second kappa shape index (κ2) is 7.08. The fourth-order valence-electron chi connectivity index (χ4n) is 7.05. The highest BCUT2D eigenvalue weighted by Crippen LogP contribution is 2.68. The number of aryl methyl sites for hydroxylation is 1. The Morgan fingerprint density at radius 2 is 1.18 bits per heavy atom. The summed E-state index contributed by atoms with van der Waals surface area (Å²) in [5.74, 6) is 0. The Morgan fingerprint density at radius 3 is 1.85 bits per heavy atom. The molecule has 1 heteroatoms. The summed E-state index contributed by atoms with van der Waals surface area (Å²) < 4.78 is 0. The van der Waals surface area contributed by atoms with Crippen molar-refractivity contribution in [3.8, 4) is 11.1 Å². The summed E-state index contributed by atoms with van der Waals surface area (Å²) in [5.41, 5.74) is 18.3. The Morgan fingerprint density at radius 1 is 0.618 bits per heavy atom. The van der Waals surface area contributed by atoms with Crippen LogP contribution in [0.4, 0.5) is 0 Å². The van der Waals surface area contributed by atoms with Crippen molar-refractivity contribution in [2.75, 3.05) is 0 Å². The highest BCUT2D eigenvalue weighted by molar-refractivity contribution is 5.89. The molecule has 7 rings (SSSR count). The van der Waals surface area contributed by atoms with E-state index >= 15 is 0 Å². The topological polar surface area (TPSA) is 26.0 Å². The summed E-state index contributed by atoms with van der Waals surface area (Å²) >= 11 is 0. The van der Waals surface area contributed by atoms with E-state index in [1.807, 2.05) is 0 Å². The van der Waals surface area contributed by atoms with Crippen LogP contribution in [0.1, 0.15) is 40.7 Å². The van der Waals surface area contributed by atoms with Crippen molar-refractivity contribution in [1.82, 2.24) is 0 Å². The molecule has 0 aliphatic heterocycles. The second-order valence-electron chi connectivity index (χ2n) is 9.92. The molecule has 3 aliphatic carbocycles. The summed E-state index contributed by atoms with van der Waals surface area (Å²) in [4.78, 5) is 0. The monoisotopic (exact) mass is 437 g/mol. The first-order valence-corrected chi connectivity index (χ1v) is 12.3. The first kappa shape index (κ1) is 19.6. The lowest BCUT2D eigenvalue weighted by atomic mass is 9.62. The number of hydrogen-bond donors (Lipinski definition) is 1. The largest absolute Gasteiger partial charge is 0.399 e. The lowest BCUT2D eigenvalue weighted by Gasteiger charge is -2.40. The van der Waals surface area contributed by atoms with Crippen molar-refractivity contribution >= 4 is 0 Å². The van der Waals surface area contributed by atoms with Crippen LogP contribution in [0.15, 0.2) is 127 Å². The summed E-state index contributed by atoms with van der Waals surface area (Å²) in [6, 6.07) is 38.1. The number of hydrogen-bond acceptors (Lipinski definition) is 1. The van der Waals surface area contributed by atoms with Crippen molar-refractivity contribution in [2.24, 2.45) is 5.73 Å². The van der Waals surface area contributed by atoms with Gasteiger partial charge in [-0.1, -0.05) is 109 Å². The molecule has 0 heterocycles. The zero-order chi connectivity index (χ0) is 22.8. The summed E-state index contributed by atoms with van der Waals surface area (Å²) in [7, 11) is 0. The highest BCUT2D eigenvalue weighted by atomic mass is 14.7. The van der Waals surface area contributed by atoms with Crippen molar-refractivity contribution < 1.29 is 0 Å². The van der Waals surface area contributed by atoms with Crippen LogP contribution in [0.5, 0.6) is 0 Å². The van der Waals surface area contributed by atoms with Crippen LogP contribution in [0.2, 0.25) is 0 Å². The van der Waals surface area contributed by atoms with Crippen LogP contribution in [0.25, 0.3) is 11.1 Å². The van der Waals surface area contributed by atoms with Gasteiger partial charge in [-0.3, -0.25) is 0 Å². The van der Waals surface area contributed by atoms with Crippen LogP contribution in [0.3, 0.4) is 0 Å². The van der Waals surface area contributed by atoms with E-state index in [1.165, 1.54) is 44.5 Å². The number of allylic oxidation sites excluding steroid dienone is 3. The van der Waals surface area contributed by atoms with Crippen LogP contribution in [0, 0.1) is 0 Å². The van der Waals surface area contributed by atoms with E-state index < -0.39 is 0 Å². The minimum absolute atomic E-state index is 0.0696. The summed E-state index contributed by atoms with van der Waals surface area (Å²) in [6.45, 7) is 0. The molecular formula is C33H27N. The molecule has 2 N–H and O–H groups in total. The van der Waals surface area contributed by atoms with Gasteiger partial charge in [0.15, 0.2) is 0 Å². The Kier molecular flexibility index (Phi) is 4.08. The second-order valence-corrected chi connectivity index (χ2v) is 9.92. The molecule has 164 valence electrons. The molecular weight excluding hydrogens is 410 g/mol. The molecule has 0 fully saturated rings. The molecule has 0 amide bonds. The lowest BCUT2D eigenvalue weighted by Crippen LogP contribution is -2.36. The van der Waals surface area contributed by atoms with E-state index in [9.17, 15) is 0 Å². The number of fused-ring (bicyclic) bond motifs is 10. The number of nitrogens with two attached hydrogens (primary N) is 1. The maximum absolute atomic E-state index is 6.57. The Balaban J connectivity index is 1.54. The summed E-state index contributed by atoms with van der Waals surface area (Å²) in [5, 5.41) is 0. The fourth-order valence-corrected chi connectivity index (χ4v) is 7.05. The van der Waals surface area contributed by atoms with Gasteiger partial charge in [-0.2, -0.15) is 0 Å². The van der Waals surface area contributed by atoms with E-state index in [4.69, 9.17) is 5.73 Å². The predicted octanol–water partition coefficient (Wildman–Crippen LogP) is 7.06. The molecule has 0 radical (unpaired) electrons. The zero-order valence-electron chi connectivity index (χ0n) is 19.2. The van der Waals surface area contributed by atoms with Crippen LogP contribution in [-0.2, 0) is 17.3 Å². The predicted molar refractivity (Wildman–Crippen MR) is 140 cm³/mol. The molecule has 0 bridgehead atoms. The molecule has 4 aromatic rings.